The molecule has 0 spiro atoms. The minimum absolute atomic E-state index is 0.0711. The topological polar surface area (TPSA) is 96.3 Å². The van der Waals surface area contributed by atoms with Crippen molar-refractivity contribution in [2.75, 3.05) is 31.5 Å². The van der Waals surface area contributed by atoms with E-state index in [0.29, 0.717) is 25.4 Å². The lowest BCUT2D eigenvalue weighted by atomic mass is 9.93. The predicted octanol–water partition coefficient (Wildman–Crippen LogP) is 1.90. The fourth-order valence-corrected chi connectivity index (χ4v) is 2.70. The zero-order chi connectivity index (χ0) is 16.5. The molecule has 126 valence electrons. The molecule has 0 unspecified atom stereocenters. The highest BCUT2D eigenvalue weighted by atomic mass is 16.6. The van der Waals surface area contributed by atoms with Crippen LogP contribution in [0, 0.1) is 16.0 Å². The van der Waals surface area contributed by atoms with Gasteiger partial charge >= 0.3 is 0 Å². The zero-order valence-corrected chi connectivity index (χ0v) is 13.2. The van der Waals surface area contributed by atoms with Crippen LogP contribution in [0.3, 0.4) is 0 Å². The maximum Gasteiger partial charge on any atom is 0.269 e. The Hall–Kier alpha value is -2.15. The minimum Gasteiger partial charge on any atom is -0.383 e. The molecule has 7 nitrogen and oxygen atoms in total. The molecule has 1 aromatic carbocycles. The molecule has 0 aliphatic carbocycles. The van der Waals surface area contributed by atoms with Crippen molar-refractivity contribution in [3.63, 3.8) is 0 Å². The van der Waals surface area contributed by atoms with Gasteiger partial charge in [-0.3, -0.25) is 14.9 Å². The van der Waals surface area contributed by atoms with E-state index in [1.165, 1.54) is 12.1 Å². The molecule has 0 aromatic heterocycles. The van der Waals surface area contributed by atoms with E-state index in [2.05, 4.69) is 16.0 Å². The van der Waals surface area contributed by atoms with Gasteiger partial charge in [-0.25, -0.2) is 0 Å². The Kier molecular flexibility index (Phi) is 6.80. The maximum absolute atomic E-state index is 11.8. The molecule has 2 rings (SSSR count). The SMILES string of the molecule is O=C(CCC1CCNCC1)NCCNc1ccc([N+](=O)[O-])cc1. The first-order chi connectivity index (χ1) is 11.1. The Balaban J connectivity index is 1.57. The third kappa shape index (κ3) is 6.23. The third-order valence-electron chi connectivity index (χ3n) is 4.09. The van der Waals surface area contributed by atoms with Gasteiger partial charge in [-0.2, -0.15) is 0 Å². The zero-order valence-electron chi connectivity index (χ0n) is 13.2. The number of non-ortho nitro benzene ring substituents is 1. The summed E-state index contributed by atoms with van der Waals surface area (Å²) in [6, 6.07) is 6.24. The number of nitrogens with one attached hydrogen (secondary N) is 3. The first kappa shape index (κ1) is 17.2. The summed E-state index contributed by atoms with van der Waals surface area (Å²) in [5.41, 5.74) is 0.876. The molecule has 3 N–H and O–H groups in total. The van der Waals surface area contributed by atoms with Crippen molar-refractivity contribution in [3.05, 3.63) is 34.4 Å². The van der Waals surface area contributed by atoms with Gasteiger partial charge in [0.05, 0.1) is 4.92 Å². The number of piperidine rings is 1. The Bertz CT molecular complexity index is 513. The number of nitro groups is 1. The summed E-state index contributed by atoms with van der Waals surface area (Å²) in [6.07, 6.45) is 3.87. The Morgan fingerprint density at radius 1 is 1.22 bits per heavy atom. The largest absolute Gasteiger partial charge is 0.383 e. The third-order valence-corrected chi connectivity index (χ3v) is 4.09. The number of hydrogen-bond acceptors (Lipinski definition) is 5. The summed E-state index contributed by atoms with van der Waals surface area (Å²) >= 11 is 0. The van der Waals surface area contributed by atoms with E-state index >= 15 is 0 Å². The molecule has 1 aromatic rings. The van der Waals surface area contributed by atoms with Crippen LogP contribution in [0.15, 0.2) is 24.3 Å². The lowest BCUT2D eigenvalue weighted by Gasteiger charge is -2.22. The molecule has 23 heavy (non-hydrogen) atoms. The molecular formula is C16H24N4O3. The monoisotopic (exact) mass is 320 g/mol. The van der Waals surface area contributed by atoms with E-state index in [0.717, 1.165) is 38.0 Å². The number of anilines is 1. The second-order valence-electron chi connectivity index (χ2n) is 5.81. The highest BCUT2D eigenvalue weighted by Gasteiger charge is 2.14. The number of carbonyl (C=O) groups is 1. The number of nitro benzene ring substituents is 1. The van der Waals surface area contributed by atoms with Gasteiger partial charge in [0.15, 0.2) is 0 Å². The van der Waals surface area contributed by atoms with Crippen molar-refractivity contribution in [2.24, 2.45) is 5.92 Å². The van der Waals surface area contributed by atoms with Crippen LogP contribution in [0.2, 0.25) is 0 Å². The highest BCUT2D eigenvalue weighted by Crippen LogP contribution is 2.17. The summed E-state index contributed by atoms with van der Waals surface area (Å²) < 4.78 is 0. The van der Waals surface area contributed by atoms with E-state index in [-0.39, 0.29) is 11.6 Å². The minimum atomic E-state index is -0.424. The van der Waals surface area contributed by atoms with Crippen LogP contribution in [0.4, 0.5) is 11.4 Å². The predicted molar refractivity (Wildman–Crippen MR) is 89.4 cm³/mol. The normalized spacial score (nSPS) is 15.1. The van der Waals surface area contributed by atoms with Crippen LogP contribution in [-0.4, -0.2) is 37.0 Å². The van der Waals surface area contributed by atoms with Crippen LogP contribution in [0.5, 0.6) is 0 Å². The molecule has 0 atom stereocenters. The van der Waals surface area contributed by atoms with Crippen molar-refractivity contribution < 1.29 is 9.72 Å². The molecule has 1 saturated heterocycles. The van der Waals surface area contributed by atoms with Gasteiger partial charge in [-0.15, -0.1) is 0 Å². The number of nitrogens with zero attached hydrogens (tertiary/aromatic N) is 1. The summed E-state index contributed by atoms with van der Waals surface area (Å²) in [6.45, 7) is 3.26. The van der Waals surface area contributed by atoms with Crippen LogP contribution in [0.1, 0.15) is 25.7 Å². The maximum atomic E-state index is 11.8. The van der Waals surface area contributed by atoms with Crippen LogP contribution >= 0.6 is 0 Å². The average Bonchev–Trinajstić information content (AvgIpc) is 2.58. The molecular weight excluding hydrogens is 296 g/mol. The van der Waals surface area contributed by atoms with Crippen molar-refractivity contribution in [3.8, 4) is 0 Å². The molecule has 1 aliphatic heterocycles. The first-order valence-corrected chi connectivity index (χ1v) is 8.11. The van der Waals surface area contributed by atoms with Crippen LogP contribution < -0.4 is 16.0 Å². The molecule has 0 saturated carbocycles. The van der Waals surface area contributed by atoms with Gasteiger partial charge in [-0.1, -0.05) is 0 Å². The highest BCUT2D eigenvalue weighted by molar-refractivity contribution is 5.75. The standard InChI is InChI=1S/C16H24N4O3/c21-16(6-1-13-7-9-17-10-8-13)19-12-11-18-14-2-4-15(5-3-14)20(22)23/h2-5,13,17-18H,1,6-12H2,(H,19,21). The Labute approximate surface area is 136 Å². The van der Waals surface area contributed by atoms with Crippen molar-refractivity contribution in [2.45, 2.75) is 25.7 Å². The number of benzene rings is 1. The lowest BCUT2D eigenvalue weighted by Crippen LogP contribution is -2.31. The summed E-state index contributed by atoms with van der Waals surface area (Å²) in [7, 11) is 0. The number of hydrogen-bond donors (Lipinski definition) is 3. The summed E-state index contributed by atoms with van der Waals surface area (Å²) in [4.78, 5) is 21.9. The average molecular weight is 320 g/mol. The van der Waals surface area contributed by atoms with Gasteiger partial charge in [-0.05, 0) is 50.4 Å². The number of carbonyl (C=O) groups excluding carboxylic acids is 1. The molecule has 0 radical (unpaired) electrons. The fourth-order valence-electron chi connectivity index (χ4n) is 2.70. The Morgan fingerprint density at radius 3 is 2.57 bits per heavy atom. The van der Waals surface area contributed by atoms with E-state index in [1.807, 2.05) is 0 Å². The van der Waals surface area contributed by atoms with Gasteiger partial charge in [0.1, 0.15) is 0 Å². The molecule has 7 heteroatoms. The summed E-state index contributed by atoms with van der Waals surface area (Å²) in [5.74, 6) is 0.759. The van der Waals surface area contributed by atoms with Gasteiger partial charge < -0.3 is 16.0 Å². The molecule has 1 amide bonds. The molecule has 0 bridgehead atoms. The van der Waals surface area contributed by atoms with Gasteiger partial charge in [0.2, 0.25) is 5.91 Å². The summed E-state index contributed by atoms with van der Waals surface area (Å²) in [5, 5.41) is 19.9. The Morgan fingerprint density at radius 2 is 1.91 bits per heavy atom. The van der Waals surface area contributed by atoms with Gasteiger partial charge in [0.25, 0.3) is 5.69 Å². The van der Waals surface area contributed by atoms with Gasteiger partial charge in [0, 0.05) is 37.3 Å². The first-order valence-electron chi connectivity index (χ1n) is 8.11. The van der Waals surface area contributed by atoms with E-state index in [1.54, 1.807) is 12.1 Å². The molecule has 1 fully saturated rings. The van der Waals surface area contributed by atoms with Crippen molar-refractivity contribution in [1.82, 2.24) is 10.6 Å². The van der Waals surface area contributed by atoms with E-state index < -0.39 is 4.92 Å². The lowest BCUT2D eigenvalue weighted by molar-refractivity contribution is -0.384. The molecule has 1 heterocycles. The van der Waals surface area contributed by atoms with Crippen LogP contribution in [0.25, 0.3) is 0 Å². The number of rotatable bonds is 8. The van der Waals surface area contributed by atoms with Crippen molar-refractivity contribution >= 4 is 17.3 Å². The molecule has 1 aliphatic rings. The quantitative estimate of drug-likeness (QED) is 0.386. The second-order valence-corrected chi connectivity index (χ2v) is 5.81. The van der Waals surface area contributed by atoms with E-state index in [9.17, 15) is 14.9 Å². The number of amides is 1. The smallest absolute Gasteiger partial charge is 0.269 e. The fraction of sp³-hybridized carbons (Fsp3) is 0.562. The van der Waals surface area contributed by atoms with E-state index in [4.69, 9.17) is 0 Å². The van der Waals surface area contributed by atoms with Crippen molar-refractivity contribution in [1.29, 1.82) is 0 Å². The second kappa shape index (κ2) is 9.09. The van der Waals surface area contributed by atoms with Crippen LogP contribution in [-0.2, 0) is 4.79 Å².